The second kappa shape index (κ2) is 12.2. The van der Waals surface area contributed by atoms with Gasteiger partial charge in [-0.1, -0.05) is 89.9 Å². The third-order valence-electron chi connectivity index (χ3n) is 5.87. The third kappa shape index (κ3) is 7.08. The van der Waals surface area contributed by atoms with E-state index in [-0.39, 0.29) is 27.4 Å². The number of benzene rings is 1. The normalized spacial score (nSPS) is 12.0. The molecule has 0 bridgehead atoms. The van der Waals surface area contributed by atoms with Crippen molar-refractivity contribution in [3.8, 4) is 11.1 Å². The second-order valence-corrected chi connectivity index (χ2v) is 14.8. The Morgan fingerprint density at radius 3 is 1.94 bits per heavy atom. The van der Waals surface area contributed by atoms with Gasteiger partial charge in [0.1, 0.15) is 0 Å². The van der Waals surface area contributed by atoms with Gasteiger partial charge in [-0.2, -0.15) is 0 Å². The van der Waals surface area contributed by atoms with Crippen LogP contribution in [-0.4, -0.2) is 10.3 Å². The van der Waals surface area contributed by atoms with Crippen LogP contribution in [0.15, 0.2) is 72.8 Å². The van der Waals surface area contributed by atoms with E-state index < -0.39 is 7.14 Å². The van der Waals surface area contributed by atoms with Crippen LogP contribution in [-0.2, 0) is 28.1 Å². The SMILES string of the molecule is CCCCCc1cccc(-[c-]2ccc(P(=O)(C(C)(C)C)C(C)(C)C)c2)c1.[Fe].[cH-]1[cH-][cH-][cH-][cH-]1. The summed E-state index contributed by atoms with van der Waals surface area (Å²) < 4.78 is 14.1. The van der Waals surface area contributed by atoms with Gasteiger partial charge in [-0.05, 0) is 12.8 Å². The molecule has 0 atom stereocenters. The molecule has 0 aliphatic rings. The van der Waals surface area contributed by atoms with Crippen LogP contribution in [0.4, 0.5) is 0 Å². The van der Waals surface area contributed by atoms with E-state index in [0.29, 0.717) is 0 Å². The summed E-state index contributed by atoms with van der Waals surface area (Å²) in [6.45, 7) is 14.9. The molecule has 0 aliphatic heterocycles. The topological polar surface area (TPSA) is 17.1 Å². The summed E-state index contributed by atoms with van der Waals surface area (Å²) in [5, 5.41) is 0.515. The maximum Gasteiger partial charge on any atom is 0.0901 e. The average molecular weight is 492 g/mol. The molecular weight excluding hydrogens is 451 g/mol. The summed E-state index contributed by atoms with van der Waals surface area (Å²) in [5.41, 5.74) is 3.82. The van der Waals surface area contributed by atoms with Crippen LogP contribution in [0.25, 0.3) is 11.1 Å². The van der Waals surface area contributed by atoms with E-state index in [1.807, 2.05) is 30.3 Å². The van der Waals surface area contributed by atoms with Gasteiger partial charge in [-0.15, -0.1) is 35.9 Å². The number of aryl methyl sites for hydroxylation is 1. The predicted molar refractivity (Wildman–Crippen MR) is 139 cm³/mol. The molecule has 3 aromatic rings. The van der Waals surface area contributed by atoms with E-state index in [1.165, 1.54) is 36.0 Å². The van der Waals surface area contributed by atoms with Crippen LogP contribution in [0.5, 0.6) is 0 Å². The zero-order chi connectivity index (χ0) is 23.1. The van der Waals surface area contributed by atoms with Crippen LogP contribution in [0.2, 0.25) is 0 Å². The van der Waals surface area contributed by atoms with Gasteiger partial charge >= 0.3 is 0 Å². The first-order valence-electron chi connectivity index (χ1n) is 11.6. The van der Waals surface area contributed by atoms with E-state index in [0.717, 1.165) is 11.7 Å². The summed E-state index contributed by atoms with van der Waals surface area (Å²) >= 11 is 0. The molecule has 0 unspecified atom stereocenters. The molecule has 3 rings (SSSR count). The third-order valence-corrected chi connectivity index (χ3v) is 10.7. The van der Waals surface area contributed by atoms with Crippen molar-refractivity contribution in [2.75, 3.05) is 0 Å². The van der Waals surface area contributed by atoms with Crippen molar-refractivity contribution < 1.29 is 21.6 Å². The Balaban J connectivity index is 0.000000750. The molecule has 3 heteroatoms. The molecule has 0 N–H and O–H groups in total. The van der Waals surface area contributed by atoms with Crippen molar-refractivity contribution >= 4 is 12.4 Å². The molecule has 1 nitrogen and oxygen atoms in total. The van der Waals surface area contributed by atoms with Crippen molar-refractivity contribution in [1.29, 1.82) is 0 Å². The molecule has 32 heavy (non-hydrogen) atoms. The number of hydrogen-bond donors (Lipinski definition) is 0. The Labute approximate surface area is 207 Å². The fourth-order valence-electron chi connectivity index (χ4n) is 4.39. The molecular formula is C29H41FeOP-6. The molecule has 0 spiro atoms. The van der Waals surface area contributed by atoms with Crippen LogP contribution in [0.1, 0.15) is 73.3 Å². The first-order valence-corrected chi connectivity index (χ1v) is 13.3. The van der Waals surface area contributed by atoms with Gasteiger partial charge in [0, 0.05) is 27.4 Å². The van der Waals surface area contributed by atoms with E-state index >= 15 is 0 Å². The molecule has 0 aromatic heterocycles. The number of unbranched alkanes of at least 4 members (excludes halogenated alkanes) is 2. The van der Waals surface area contributed by atoms with Gasteiger partial charge in [-0.3, -0.25) is 0 Å². The van der Waals surface area contributed by atoms with Gasteiger partial charge in [0.2, 0.25) is 0 Å². The van der Waals surface area contributed by atoms with Crippen LogP contribution < -0.4 is 5.30 Å². The minimum Gasteiger partial charge on any atom is -0.748 e. The van der Waals surface area contributed by atoms with Gasteiger partial charge < -0.3 is 34.9 Å². The van der Waals surface area contributed by atoms with Crippen molar-refractivity contribution in [3.05, 3.63) is 78.4 Å². The standard InChI is InChI=1S/C24H36OP.C5H5.Fe/c1-8-9-10-12-19-13-11-14-20(17-19)21-15-16-22(18-21)26(25,23(2,3)4)24(5,6)7;1-2-4-5-3-1;/h11,13-18H,8-10,12H2,1-7H3;1-5H;/q-1;-5;. The summed E-state index contributed by atoms with van der Waals surface area (Å²) in [6, 6.07) is 25.2. The Kier molecular flexibility index (Phi) is 11.0. The maximum absolute atomic E-state index is 14.1. The Morgan fingerprint density at radius 1 is 0.875 bits per heavy atom. The molecule has 182 valence electrons. The van der Waals surface area contributed by atoms with Gasteiger partial charge in [-0.25, -0.2) is 0 Å². The van der Waals surface area contributed by atoms with Gasteiger partial charge in [0.05, 0.1) is 7.14 Å². The molecule has 3 aromatic carbocycles. The van der Waals surface area contributed by atoms with E-state index in [2.05, 4.69) is 90.9 Å². The van der Waals surface area contributed by atoms with Crippen molar-refractivity contribution in [3.63, 3.8) is 0 Å². The van der Waals surface area contributed by atoms with Crippen LogP contribution in [0, 0.1) is 0 Å². The smallest absolute Gasteiger partial charge is 0.0901 e. The zero-order valence-electron chi connectivity index (χ0n) is 21.0. The molecule has 0 aliphatic carbocycles. The second-order valence-electron chi connectivity index (χ2n) is 10.4. The van der Waals surface area contributed by atoms with Crippen molar-refractivity contribution in [2.24, 2.45) is 0 Å². The van der Waals surface area contributed by atoms with Crippen molar-refractivity contribution in [2.45, 2.75) is 84.5 Å². The van der Waals surface area contributed by atoms with Gasteiger partial charge in [0.25, 0.3) is 0 Å². The summed E-state index contributed by atoms with van der Waals surface area (Å²) in [5.74, 6) is 0. The first-order chi connectivity index (χ1) is 14.5. The largest absolute Gasteiger partial charge is 0.748 e. The van der Waals surface area contributed by atoms with Crippen LogP contribution in [0.3, 0.4) is 0 Å². The summed E-state index contributed by atoms with van der Waals surface area (Å²) in [7, 11) is -2.57. The Morgan fingerprint density at radius 2 is 1.44 bits per heavy atom. The monoisotopic (exact) mass is 492 g/mol. The first kappa shape index (κ1) is 28.7. The minimum absolute atomic E-state index is 0. The molecule has 0 amide bonds. The fraction of sp³-hybridized carbons (Fsp3) is 0.448. The summed E-state index contributed by atoms with van der Waals surface area (Å²) in [6.07, 6.45) is 4.92. The molecule has 0 saturated carbocycles. The Bertz CT molecular complexity index is 916. The van der Waals surface area contributed by atoms with E-state index in [9.17, 15) is 4.57 Å². The van der Waals surface area contributed by atoms with E-state index in [4.69, 9.17) is 0 Å². The fourth-order valence-corrected chi connectivity index (χ4v) is 8.56. The Hall–Kier alpha value is -1.33. The predicted octanol–water partition coefficient (Wildman–Crippen LogP) is 8.79. The number of rotatable bonds is 6. The molecule has 0 heterocycles. The molecule has 0 radical (unpaired) electrons. The quantitative estimate of drug-likeness (QED) is 0.145. The maximum atomic E-state index is 14.1. The number of hydrogen-bond acceptors (Lipinski definition) is 1. The zero-order valence-corrected chi connectivity index (χ0v) is 23.0. The van der Waals surface area contributed by atoms with E-state index in [1.54, 1.807) is 0 Å². The van der Waals surface area contributed by atoms with Crippen LogP contribution >= 0.6 is 7.14 Å². The average Bonchev–Trinajstić information content (AvgIpc) is 3.41. The van der Waals surface area contributed by atoms with Gasteiger partial charge in [0.15, 0.2) is 0 Å². The molecule has 0 saturated heterocycles. The molecule has 0 fully saturated rings. The minimum atomic E-state index is -2.57. The summed E-state index contributed by atoms with van der Waals surface area (Å²) in [4.78, 5) is 0. The van der Waals surface area contributed by atoms with Crippen molar-refractivity contribution in [1.82, 2.24) is 0 Å².